The van der Waals surface area contributed by atoms with Crippen LogP contribution in [0.15, 0.2) is 84.9 Å². The average molecular weight is 1000 g/mol. The van der Waals surface area contributed by atoms with Crippen molar-refractivity contribution in [2.75, 3.05) is 28.4 Å². The van der Waals surface area contributed by atoms with E-state index in [0.717, 1.165) is 56.8 Å². The van der Waals surface area contributed by atoms with E-state index in [1.165, 1.54) is 140 Å². The van der Waals surface area contributed by atoms with Crippen LogP contribution in [-0.4, -0.2) is 51.1 Å². The van der Waals surface area contributed by atoms with E-state index in [1.54, 1.807) is 39.0 Å². The SMILES string of the molecule is COc1cccc(OC)c1-c1ccccc1[PH+](C1CCCCC1)C1CCCCC1.COc1cccc(OC)c1-c1ccccc1[PH+](C1CCCCC1)C1CCCCC1.[Cl][Pd][Cl]. The van der Waals surface area contributed by atoms with E-state index in [9.17, 15) is 0 Å². The van der Waals surface area contributed by atoms with E-state index in [1.807, 2.05) is 12.1 Å². The van der Waals surface area contributed by atoms with Gasteiger partial charge in [-0.15, -0.1) is 0 Å². The van der Waals surface area contributed by atoms with Gasteiger partial charge in [-0.25, -0.2) is 0 Å². The molecule has 0 unspecified atom stereocenters. The molecule has 0 atom stereocenters. The summed E-state index contributed by atoms with van der Waals surface area (Å²) in [4.78, 5) is 0. The van der Waals surface area contributed by atoms with Crippen molar-refractivity contribution in [1.29, 1.82) is 0 Å². The van der Waals surface area contributed by atoms with E-state index in [2.05, 4.69) is 72.8 Å². The predicted molar refractivity (Wildman–Crippen MR) is 265 cm³/mol. The van der Waals surface area contributed by atoms with Crippen LogP contribution in [0.4, 0.5) is 0 Å². The molecule has 9 heteroatoms. The number of hydrogen-bond acceptors (Lipinski definition) is 4. The topological polar surface area (TPSA) is 36.9 Å². The van der Waals surface area contributed by atoms with Gasteiger partial charge < -0.3 is 18.9 Å². The van der Waals surface area contributed by atoms with Crippen LogP contribution in [0.5, 0.6) is 23.0 Å². The molecule has 4 aliphatic rings. The summed E-state index contributed by atoms with van der Waals surface area (Å²) < 4.78 is 23.2. The summed E-state index contributed by atoms with van der Waals surface area (Å²) in [7, 11) is 15.4. The summed E-state index contributed by atoms with van der Waals surface area (Å²) >= 11 is -0.106. The molecule has 0 radical (unpaired) electrons. The van der Waals surface area contributed by atoms with E-state index < -0.39 is 15.8 Å². The summed E-state index contributed by atoms with van der Waals surface area (Å²) in [6, 6.07) is 30.7. The minimum atomic E-state index is -0.660. The Morgan fingerprint density at radius 1 is 0.377 bits per heavy atom. The molecule has 0 amide bonds. The van der Waals surface area contributed by atoms with Gasteiger partial charge in [0.05, 0.1) is 62.2 Å². The zero-order chi connectivity index (χ0) is 42.8. The van der Waals surface area contributed by atoms with Crippen molar-refractivity contribution >= 4 is 45.5 Å². The van der Waals surface area contributed by atoms with Crippen LogP contribution in [0.2, 0.25) is 0 Å². The Bertz CT molecular complexity index is 1670. The average Bonchev–Trinajstić information content (AvgIpc) is 3.33. The quantitative estimate of drug-likeness (QED) is 0.105. The predicted octanol–water partition coefficient (Wildman–Crippen LogP) is 15.1. The van der Waals surface area contributed by atoms with E-state index in [-0.39, 0.29) is 15.9 Å². The second-order valence-electron chi connectivity index (χ2n) is 17.5. The van der Waals surface area contributed by atoms with E-state index in [0.29, 0.717) is 0 Å². The number of halogens is 2. The van der Waals surface area contributed by atoms with Gasteiger partial charge in [0.25, 0.3) is 0 Å². The van der Waals surface area contributed by atoms with Crippen molar-refractivity contribution in [2.24, 2.45) is 0 Å². The molecule has 0 saturated heterocycles. The van der Waals surface area contributed by atoms with Crippen LogP contribution in [0.1, 0.15) is 128 Å². The summed E-state index contributed by atoms with van der Waals surface area (Å²) in [6.07, 6.45) is 28.6. The third-order valence-electron chi connectivity index (χ3n) is 14.1. The molecule has 0 aromatic heterocycles. The normalized spacial score (nSPS) is 18.2. The minimum absolute atomic E-state index is 0.106. The molecular formula is C52H72Cl2O4P2Pd+2. The molecule has 4 nitrogen and oxygen atoms in total. The van der Waals surface area contributed by atoms with Crippen LogP contribution >= 0.6 is 34.9 Å². The summed E-state index contributed by atoms with van der Waals surface area (Å²) in [6.45, 7) is 0. The number of rotatable bonds is 12. The zero-order valence-corrected chi connectivity index (χ0v) is 42.3. The molecule has 4 aromatic rings. The third kappa shape index (κ3) is 12.7. The van der Waals surface area contributed by atoms with E-state index >= 15 is 0 Å². The Balaban J connectivity index is 0.000000192. The molecular weight excluding hydrogens is 928 g/mol. The molecule has 0 aliphatic heterocycles. The Morgan fingerprint density at radius 3 is 0.869 bits per heavy atom. The monoisotopic (exact) mass is 998 g/mol. The molecule has 8 rings (SSSR count). The Labute approximate surface area is 387 Å². The van der Waals surface area contributed by atoms with Gasteiger partial charge in [0.2, 0.25) is 0 Å². The zero-order valence-electron chi connectivity index (χ0n) is 37.2. The van der Waals surface area contributed by atoms with Gasteiger partial charge in [-0.05, 0) is 139 Å². The molecule has 4 fully saturated rings. The van der Waals surface area contributed by atoms with Crippen molar-refractivity contribution in [3.05, 3.63) is 84.9 Å². The van der Waals surface area contributed by atoms with Gasteiger partial charge in [-0.1, -0.05) is 74.2 Å². The fourth-order valence-electron chi connectivity index (χ4n) is 11.3. The fraction of sp³-hybridized carbons (Fsp3) is 0.538. The van der Waals surface area contributed by atoms with Crippen molar-refractivity contribution in [3.8, 4) is 45.3 Å². The summed E-state index contributed by atoms with van der Waals surface area (Å²) in [5.41, 5.74) is 8.65. The Morgan fingerprint density at radius 2 is 0.623 bits per heavy atom. The second kappa shape index (κ2) is 26.2. The van der Waals surface area contributed by atoms with Gasteiger partial charge >= 0.3 is 35.0 Å². The molecule has 0 bridgehead atoms. The van der Waals surface area contributed by atoms with Crippen molar-refractivity contribution < 1.29 is 34.9 Å². The van der Waals surface area contributed by atoms with E-state index in [4.69, 9.17) is 38.0 Å². The second-order valence-corrected chi connectivity index (χ2v) is 26.0. The van der Waals surface area contributed by atoms with Gasteiger partial charge in [0, 0.05) is 27.0 Å². The van der Waals surface area contributed by atoms with Gasteiger partial charge in [0.1, 0.15) is 33.6 Å². The van der Waals surface area contributed by atoms with Crippen molar-refractivity contribution in [2.45, 2.75) is 151 Å². The van der Waals surface area contributed by atoms with Gasteiger partial charge in [0.15, 0.2) is 0 Å². The number of methoxy groups -OCH3 is 4. The van der Waals surface area contributed by atoms with Crippen LogP contribution in [0.3, 0.4) is 0 Å². The Hall–Kier alpha value is -1.82. The molecule has 4 aromatic carbocycles. The van der Waals surface area contributed by atoms with Crippen molar-refractivity contribution in [1.82, 2.24) is 0 Å². The molecule has 0 heterocycles. The summed E-state index contributed by atoms with van der Waals surface area (Å²) in [5, 5.41) is 3.25. The molecule has 0 spiro atoms. The standard InChI is InChI=1S/2C26H35O2P.2ClH.Pd/c2*1-27-23-17-11-18-24(28-2)26(23)22-16-9-10-19-25(22)29(20-12-5-3-6-13-20)21-14-7-4-8-15-21;;;/h2*9-11,16-21H,3-8,12-15H2,1-2H3;2*1H;/q;;;;+2. The molecule has 4 saturated carbocycles. The first-order valence-corrected chi connectivity index (χ1v) is 30.6. The number of ether oxygens (including phenoxy) is 4. The summed E-state index contributed by atoms with van der Waals surface area (Å²) in [5.74, 6) is 3.69. The first-order chi connectivity index (χ1) is 30.1. The van der Waals surface area contributed by atoms with Gasteiger partial charge in [-0.2, -0.15) is 0 Å². The van der Waals surface area contributed by atoms with Crippen LogP contribution in [0, 0.1) is 0 Å². The van der Waals surface area contributed by atoms with Crippen LogP contribution in [0.25, 0.3) is 22.3 Å². The number of benzene rings is 4. The van der Waals surface area contributed by atoms with Gasteiger partial charge in [-0.3, -0.25) is 0 Å². The third-order valence-corrected chi connectivity index (χ3v) is 22.0. The van der Waals surface area contributed by atoms with Crippen LogP contribution < -0.4 is 29.6 Å². The Kier molecular flexibility index (Phi) is 20.9. The first kappa shape index (κ1) is 48.6. The molecule has 61 heavy (non-hydrogen) atoms. The fourth-order valence-corrected chi connectivity index (χ4v) is 20.2. The maximum absolute atomic E-state index is 5.80. The first-order valence-electron chi connectivity index (χ1n) is 23.3. The molecule has 4 aliphatic carbocycles. The molecule has 336 valence electrons. The number of hydrogen-bond donors (Lipinski definition) is 0. The molecule has 0 N–H and O–H groups in total. The van der Waals surface area contributed by atoms with Crippen LogP contribution in [-0.2, 0) is 15.9 Å². The van der Waals surface area contributed by atoms with Crippen molar-refractivity contribution in [3.63, 3.8) is 0 Å². The maximum atomic E-state index is 5.80.